The molecular weight excluding hydrogens is 274 g/mol. The van der Waals surface area contributed by atoms with Crippen molar-refractivity contribution in [2.45, 2.75) is 32.2 Å². The molecule has 1 spiro atoms. The fourth-order valence-corrected chi connectivity index (χ4v) is 4.28. The van der Waals surface area contributed by atoms with E-state index in [4.69, 9.17) is 4.99 Å². The van der Waals surface area contributed by atoms with Crippen LogP contribution < -0.4 is 10.2 Å². The maximum atomic E-state index is 12.9. The maximum Gasteiger partial charge on any atom is 0.234 e. The predicted molar refractivity (Wildman–Crippen MR) is 86.3 cm³/mol. The fourth-order valence-electron chi connectivity index (χ4n) is 4.28. The predicted octanol–water partition coefficient (Wildman–Crippen LogP) is 2.12. The Bertz CT molecular complexity index is 684. The zero-order chi connectivity index (χ0) is 14.7. The van der Waals surface area contributed by atoms with E-state index in [1.54, 1.807) is 0 Å². The molecule has 2 saturated heterocycles. The summed E-state index contributed by atoms with van der Waals surface area (Å²) in [5.74, 6) is 0.997. The van der Waals surface area contributed by atoms with Crippen molar-refractivity contribution in [2.24, 2.45) is 16.3 Å². The Hall–Kier alpha value is -1.68. The van der Waals surface area contributed by atoms with Crippen LogP contribution in [0, 0.1) is 11.3 Å². The summed E-state index contributed by atoms with van der Waals surface area (Å²) < 4.78 is 0. The van der Waals surface area contributed by atoms with Crippen LogP contribution in [0.25, 0.3) is 0 Å². The van der Waals surface area contributed by atoms with E-state index in [0.717, 1.165) is 44.7 Å². The van der Waals surface area contributed by atoms with Gasteiger partial charge in [-0.05, 0) is 49.9 Å². The highest BCUT2D eigenvalue weighted by Gasteiger charge is 2.48. The number of benzene rings is 1. The van der Waals surface area contributed by atoms with Gasteiger partial charge in [-0.15, -0.1) is 0 Å². The summed E-state index contributed by atoms with van der Waals surface area (Å²) in [6.07, 6.45) is 4.53. The van der Waals surface area contributed by atoms with Crippen LogP contribution in [0.15, 0.2) is 23.2 Å². The van der Waals surface area contributed by atoms with Crippen molar-refractivity contribution in [3.63, 3.8) is 0 Å². The number of rotatable bonds is 2. The maximum absolute atomic E-state index is 12.9. The zero-order valence-electron chi connectivity index (χ0n) is 12.8. The zero-order valence-corrected chi connectivity index (χ0v) is 12.8. The smallest absolute Gasteiger partial charge is 0.234 e. The molecule has 0 radical (unpaired) electrons. The number of nitrogens with zero attached hydrogens (tertiary/aromatic N) is 2. The molecule has 4 nitrogen and oxygen atoms in total. The highest BCUT2D eigenvalue weighted by atomic mass is 16.2. The third-order valence-electron chi connectivity index (χ3n) is 5.82. The van der Waals surface area contributed by atoms with Crippen molar-refractivity contribution in [3.8, 4) is 0 Å². The minimum atomic E-state index is -0.133. The summed E-state index contributed by atoms with van der Waals surface area (Å²) in [6, 6.07) is 6.51. The van der Waals surface area contributed by atoms with Crippen LogP contribution in [0.3, 0.4) is 0 Å². The second kappa shape index (κ2) is 4.42. The number of amides is 1. The van der Waals surface area contributed by atoms with E-state index in [9.17, 15) is 4.79 Å². The van der Waals surface area contributed by atoms with Crippen LogP contribution in [-0.2, 0) is 11.3 Å². The van der Waals surface area contributed by atoms with Gasteiger partial charge in [-0.25, -0.2) is 0 Å². The second-order valence-electron chi connectivity index (χ2n) is 7.23. The lowest BCUT2D eigenvalue weighted by molar-refractivity contribution is -0.124. The van der Waals surface area contributed by atoms with Crippen molar-refractivity contribution in [2.75, 3.05) is 24.5 Å². The van der Waals surface area contributed by atoms with Crippen LogP contribution in [0.1, 0.15) is 36.8 Å². The van der Waals surface area contributed by atoms with E-state index in [1.165, 1.54) is 29.7 Å². The van der Waals surface area contributed by atoms with E-state index in [0.29, 0.717) is 11.8 Å². The summed E-state index contributed by atoms with van der Waals surface area (Å²) in [5, 5.41) is 3.36. The number of carbonyl (C=O) groups is 1. The first kappa shape index (κ1) is 12.8. The summed E-state index contributed by atoms with van der Waals surface area (Å²) in [4.78, 5) is 19.7. The molecule has 0 bridgehead atoms. The Morgan fingerprint density at radius 2 is 2.18 bits per heavy atom. The number of anilines is 1. The van der Waals surface area contributed by atoms with Crippen molar-refractivity contribution in [1.82, 2.24) is 5.32 Å². The molecular formula is C18H21N3O. The Kier molecular flexibility index (Phi) is 2.57. The Labute approximate surface area is 130 Å². The lowest BCUT2D eigenvalue weighted by Crippen LogP contribution is -2.36. The average molecular weight is 295 g/mol. The van der Waals surface area contributed by atoms with E-state index in [-0.39, 0.29) is 5.41 Å². The highest BCUT2D eigenvalue weighted by molar-refractivity contribution is 6.08. The molecule has 1 atom stereocenters. The van der Waals surface area contributed by atoms with Gasteiger partial charge in [0.2, 0.25) is 5.91 Å². The van der Waals surface area contributed by atoms with Gasteiger partial charge in [-0.2, -0.15) is 0 Å². The molecule has 1 N–H and O–H groups in total. The van der Waals surface area contributed by atoms with Gasteiger partial charge in [-0.3, -0.25) is 9.79 Å². The summed E-state index contributed by atoms with van der Waals surface area (Å²) in [5.41, 5.74) is 4.86. The molecule has 3 heterocycles. The number of carbonyl (C=O) groups excluding carboxylic acids is 1. The van der Waals surface area contributed by atoms with Gasteiger partial charge in [-0.1, -0.05) is 6.07 Å². The number of fused-ring (bicyclic) bond motifs is 1. The molecule has 1 aliphatic carbocycles. The molecule has 4 aliphatic rings. The fraction of sp³-hybridized carbons (Fsp3) is 0.556. The normalized spacial score (nSPS) is 30.3. The number of hydrogen-bond donors (Lipinski definition) is 1. The third kappa shape index (κ3) is 1.73. The SMILES string of the molecule is O=C1N(c2ccc3c(c2)C(C2CC2)=NC3)CC[C@@]12CCNC2. The van der Waals surface area contributed by atoms with Crippen molar-refractivity contribution in [3.05, 3.63) is 29.3 Å². The van der Waals surface area contributed by atoms with Crippen molar-refractivity contribution in [1.29, 1.82) is 0 Å². The third-order valence-corrected chi connectivity index (χ3v) is 5.82. The Morgan fingerprint density at radius 1 is 1.27 bits per heavy atom. The standard InChI is InChI=1S/C18H21N3O/c22-17-18(5-7-19-11-18)6-8-21(17)14-4-3-13-10-20-16(12-1-2-12)15(13)9-14/h3-4,9,12,19H,1-2,5-8,10-11H2/t18-/m1/s1. The topological polar surface area (TPSA) is 44.7 Å². The van der Waals surface area contributed by atoms with Crippen LogP contribution in [0.5, 0.6) is 0 Å². The molecule has 22 heavy (non-hydrogen) atoms. The summed E-state index contributed by atoms with van der Waals surface area (Å²) in [6.45, 7) is 3.50. The molecule has 0 unspecified atom stereocenters. The van der Waals surface area contributed by atoms with Gasteiger partial charge >= 0.3 is 0 Å². The highest BCUT2D eigenvalue weighted by Crippen LogP contribution is 2.42. The number of aliphatic imine (C=N–C) groups is 1. The van der Waals surface area contributed by atoms with Crippen molar-refractivity contribution >= 4 is 17.3 Å². The van der Waals surface area contributed by atoms with Gasteiger partial charge in [0.05, 0.1) is 12.0 Å². The van der Waals surface area contributed by atoms with Crippen LogP contribution >= 0.6 is 0 Å². The average Bonchev–Trinajstić information content (AvgIpc) is 2.99. The summed E-state index contributed by atoms with van der Waals surface area (Å²) >= 11 is 0. The lowest BCUT2D eigenvalue weighted by atomic mass is 9.86. The molecule has 1 saturated carbocycles. The number of nitrogens with one attached hydrogen (secondary N) is 1. The molecule has 0 aromatic heterocycles. The molecule has 1 amide bonds. The molecule has 4 heteroatoms. The van der Waals surface area contributed by atoms with Gasteiger partial charge in [0, 0.05) is 36.0 Å². The minimum Gasteiger partial charge on any atom is -0.316 e. The first-order valence-electron chi connectivity index (χ1n) is 8.47. The molecule has 5 rings (SSSR count). The largest absolute Gasteiger partial charge is 0.316 e. The van der Waals surface area contributed by atoms with Crippen LogP contribution in [0.4, 0.5) is 5.69 Å². The summed E-state index contributed by atoms with van der Waals surface area (Å²) in [7, 11) is 0. The van der Waals surface area contributed by atoms with E-state index in [2.05, 4.69) is 23.5 Å². The van der Waals surface area contributed by atoms with Crippen LogP contribution in [-0.4, -0.2) is 31.3 Å². The van der Waals surface area contributed by atoms with E-state index >= 15 is 0 Å². The molecule has 1 aromatic carbocycles. The Balaban J connectivity index is 1.48. The number of hydrogen-bond acceptors (Lipinski definition) is 3. The van der Waals surface area contributed by atoms with E-state index < -0.39 is 0 Å². The first-order valence-corrected chi connectivity index (χ1v) is 8.47. The van der Waals surface area contributed by atoms with E-state index in [1.807, 2.05) is 4.90 Å². The molecule has 1 aromatic rings. The van der Waals surface area contributed by atoms with Crippen LogP contribution in [0.2, 0.25) is 0 Å². The minimum absolute atomic E-state index is 0.133. The van der Waals surface area contributed by atoms with Gasteiger partial charge < -0.3 is 10.2 Å². The van der Waals surface area contributed by atoms with Gasteiger partial charge in [0.25, 0.3) is 0 Å². The van der Waals surface area contributed by atoms with Gasteiger partial charge in [0.15, 0.2) is 0 Å². The Morgan fingerprint density at radius 3 is 2.95 bits per heavy atom. The molecule has 114 valence electrons. The monoisotopic (exact) mass is 295 g/mol. The van der Waals surface area contributed by atoms with Gasteiger partial charge in [0.1, 0.15) is 0 Å². The quantitative estimate of drug-likeness (QED) is 0.908. The second-order valence-corrected chi connectivity index (χ2v) is 7.23. The molecule has 3 fully saturated rings. The first-order chi connectivity index (χ1) is 10.8. The molecule has 3 aliphatic heterocycles. The lowest BCUT2D eigenvalue weighted by Gasteiger charge is -2.22. The van der Waals surface area contributed by atoms with Crippen molar-refractivity contribution < 1.29 is 4.79 Å².